The first-order valence-corrected chi connectivity index (χ1v) is 12.2. The fourth-order valence-electron chi connectivity index (χ4n) is 4.98. The predicted octanol–water partition coefficient (Wildman–Crippen LogP) is 5.96. The Morgan fingerprint density at radius 1 is 0.861 bits per heavy atom. The molecular weight excluding hydrogens is 520 g/mol. The lowest BCUT2D eigenvalue weighted by Crippen LogP contribution is -2.47. The number of nitrogens with zero attached hydrogens (tertiary/aromatic N) is 2. The van der Waals surface area contributed by atoms with Crippen LogP contribution in [0.1, 0.15) is 24.0 Å². The summed E-state index contributed by atoms with van der Waals surface area (Å²) in [6, 6.07) is 25.1. The summed E-state index contributed by atoms with van der Waals surface area (Å²) in [6.07, 6.45) is 2.68. The van der Waals surface area contributed by atoms with Gasteiger partial charge < -0.3 is 10.2 Å². The van der Waals surface area contributed by atoms with Gasteiger partial charge in [-0.1, -0.05) is 54.1 Å². The van der Waals surface area contributed by atoms with E-state index in [1.165, 1.54) is 17.7 Å². The second-order valence-corrected chi connectivity index (χ2v) is 9.30. The van der Waals surface area contributed by atoms with Crippen LogP contribution in [-0.4, -0.2) is 50.6 Å². The lowest BCUT2D eigenvalue weighted by atomic mass is 9.71. The quantitative estimate of drug-likeness (QED) is 0.315. The monoisotopic (exact) mass is 551 g/mol. The van der Waals surface area contributed by atoms with Gasteiger partial charge in [-0.3, -0.25) is 9.69 Å². The van der Waals surface area contributed by atoms with Crippen molar-refractivity contribution >= 4 is 48.5 Å². The van der Waals surface area contributed by atoms with Gasteiger partial charge in [0.1, 0.15) is 5.82 Å². The third-order valence-corrected chi connectivity index (χ3v) is 7.10. The van der Waals surface area contributed by atoms with Crippen molar-refractivity contribution in [1.29, 1.82) is 0 Å². The van der Waals surface area contributed by atoms with Gasteiger partial charge in [-0.15, -0.1) is 24.8 Å². The summed E-state index contributed by atoms with van der Waals surface area (Å²) in [7, 11) is 0. The second-order valence-electron chi connectivity index (χ2n) is 8.86. The fourth-order valence-corrected chi connectivity index (χ4v) is 5.10. The van der Waals surface area contributed by atoms with Crippen LogP contribution in [0.3, 0.4) is 0 Å². The van der Waals surface area contributed by atoms with Crippen LogP contribution in [0.5, 0.6) is 0 Å². The van der Waals surface area contributed by atoms with Gasteiger partial charge >= 0.3 is 0 Å². The highest BCUT2D eigenvalue weighted by atomic mass is 35.5. The molecular formula is C28H33Cl3FN3O. The van der Waals surface area contributed by atoms with Crippen molar-refractivity contribution in [3.63, 3.8) is 0 Å². The van der Waals surface area contributed by atoms with E-state index in [-0.39, 0.29) is 36.0 Å². The van der Waals surface area contributed by atoms with Crippen molar-refractivity contribution in [2.24, 2.45) is 0 Å². The number of carbonyl (C=O) groups excluding carboxylic acids is 1. The first-order valence-electron chi connectivity index (χ1n) is 11.8. The molecule has 0 aliphatic carbocycles. The molecule has 0 saturated carbocycles. The van der Waals surface area contributed by atoms with Crippen molar-refractivity contribution in [2.75, 3.05) is 44.2 Å². The van der Waals surface area contributed by atoms with Crippen molar-refractivity contribution in [2.45, 2.75) is 18.3 Å². The van der Waals surface area contributed by atoms with Crippen LogP contribution < -0.4 is 10.2 Å². The van der Waals surface area contributed by atoms with Crippen LogP contribution in [0.15, 0.2) is 78.9 Å². The van der Waals surface area contributed by atoms with E-state index in [9.17, 15) is 9.18 Å². The summed E-state index contributed by atoms with van der Waals surface area (Å²) in [5, 5.41) is 3.66. The average molecular weight is 553 g/mol. The number of rotatable bonds is 10. The minimum Gasteiger partial charge on any atom is -0.369 e. The number of amides is 1. The maximum atomic E-state index is 13.2. The number of hydrogen-bond acceptors (Lipinski definition) is 3. The van der Waals surface area contributed by atoms with E-state index < -0.39 is 0 Å². The highest BCUT2D eigenvalue weighted by Gasteiger charge is 2.34. The Morgan fingerprint density at radius 2 is 1.47 bits per heavy atom. The Morgan fingerprint density at radius 3 is 2.08 bits per heavy atom. The zero-order valence-electron chi connectivity index (χ0n) is 20.1. The number of piperazine rings is 1. The molecule has 1 heterocycles. The van der Waals surface area contributed by atoms with Gasteiger partial charge in [0, 0.05) is 48.8 Å². The Labute approximate surface area is 230 Å². The summed E-state index contributed by atoms with van der Waals surface area (Å²) >= 11 is 6.18. The molecule has 1 amide bonds. The predicted molar refractivity (Wildman–Crippen MR) is 152 cm³/mol. The molecule has 4 nitrogen and oxygen atoms in total. The lowest BCUT2D eigenvalue weighted by Gasteiger charge is -2.38. The van der Waals surface area contributed by atoms with Gasteiger partial charge in [0.2, 0.25) is 6.41 Å². The Kier molecular flexibility index (Phi) is 12.0. The number of halogens is 4. The van der Waals surface area contributed by atoms with Crippen molar-refractivity contribution < 1.29 is 9.18 Å². The number of hydrogen-bond donors (Lipinski definition) is 1. The highest BCUT2D eigenvalue weighted by molar-refractivity contribution is 6.30. The molecule has 1 saturated heterocycles. The molecule has 194 valence electrons. The van der Waals surface area contributed by atoms with E-state index in [0.29, 0.717) is 11.6 Å². The fraction of sp³-hybridized carbons (Fsp3) is 0.321. The topological polar surface area (TPSA) is 35.6 Å². The number of anilines is 1. The zero-order chi connectivity index (χ0) is 23.8. The standard InChI is InChI=1S/C28H31ClFN3O.2ClH/c29-25-9-7-24(8-10-25)28(21-31-22-34,23-5-2-1-3-6-23)15-4-16-32-17-19-33(20-18-32)27-13-11-26(30)12-14-27;;/h1-3,5-14,22H,4,15-21H2,(H,31,34);2*1H. The van der Waals surface area contributed by atoms with Gasteiger partial charge in [0.05, 0.1) is 0 Å². The smallest absolute Gasteiger partial charge is 0.207 e. The first-order chi connectivity index (χ1) is 16.6. The van der Waals surface area contributed by atoms with E-state index in [1.807, 2.05) is 30.3 Å². The molecule has 1 aliphatic rings. The summed E-state index contributed by atoms with van der Waals surface area (Å²) in [4.78, 5) is 16.1. The summed E-state index contributed by atoms with van der Waals surface area (Å²) in [6.45, 7) is 5.33. The molecule has 3 aromatic rings. The van der Waals surface area contributed by atoms with Crippen LogP contribution in [0.2, 0.25) is 5.02 Å². The van der Waals surface area contributed by atoms with Crippen molar-refractivity contribution in [3.8, 4) is 0 Å². The molecule has 1 unspecified atom stereocenters. The first kappa shape index (κ1) is 29.9. The molecule has 1 fully saturated rings. The summed E-state index contributed by atoms with van der Waals surface area (Å²) in [5.74, 6) is -0.200. The molecule has 1 N–H and O–H groups in total. The molecule has 3 aromatic carbocycles. The molecule has 0 aromatic heterocycles. The van der Waals surface area contributed by atoms with Crippen LogP contribution in [0.4, 0.5) is 10.1 Å². The SMILES string of the molecule is Cl.Cl.O=CNCC(CCCN1CCN(c2ccc(F)cc2)CC1)(c1ccccc1)c1ccc(Cl)cc1. The van der Waals surface area contributed by atoms with Gasteiger partial charge in [0.25, 0.3) is 0 Å². The Bertz CT molecular complexity index is 1050. The molecule has 36 heavy (non-hydrogen) atoms. The van der Waals surface area contributed by atoms with Gasteiger partial charge in [0.15, 0.2) is 0 Å². The maximum absolute atomic E-state index is 13.2. The van der Waals surface area contributed by atoms with Crippen LogP contribution in [-0.2, 0) is 10.2 Å². The third kappa shape index (κ3) is 7.36. The van der Waals surface area contributed by atoms with E-state index in [2.05, 4.69) is 51.5 Å². The molecule has 8 heteroatoms. The molecule has 0 bridgehead atoms. The van der Waals surface area contributed by atoms with E-state index in [4.69, 9.17) is 11.6 Å². The minimum absolute atomic E-state index is 0. The van der Waals surface area contributed by atoms with Crippen LogP contribution in [0, 0.1) is 5.82 Å². The van der Waals surface area contributed by atoms with Gasteiger partial charge in [-0.2, -0.15) is 0 Å². The van der Waals surface area contributed by atoms with E-state index in [1.54, 1.807) is 0 Å². The molecule has 0 radical (unpaired) electrons. The lowest BCUT2D eigenvalue weighted by molar-refractivity contribution is -0.109. The Balaban J connectivity index is 0.00000228. The second kappa shape index (κ2) is 14.4. The molecule has 4 rings (SSSR count). The van der Waals surface area contributed by atoms with Gasteiger partial charge in [-0.25, -0.2) is 4.39 Å². The Hall–Kier alpha value is -2.31. The van der Waals surface area contributed by atoms with E-state index >= 15 is 0 Å². The third-order valence-electron chi connectivity index (χ3n) is 6.85. The number of nitrogens with one attached hydrogen (secondary N) is 1. The van der Waals surface area contributed by atoms with Crippen LogP contribution in [0.25, 0.3) is 0 Å². The summed E-state index contributed by atoms with van der Waals surface area (Å²) < 4.78 is 13.2. The normalized spacial score (nSPS) is 15.2. The number of benzene rings is 3. The van der Waals surface area contributed by atoms with Crippen molar-refractivity contribution in [1.82, 2.24) is 10.2 Å². The van der Waals surface area contributed by atoms with E-state index in [0.717, 1.165) is 63.2 Å². The molecule has 1 atom stereocenters. The van der Waals surface area contributed by atoms with Crippen LogP contribution >= 0.6 is 36.4 Å². The zero-order valence-corrected chi connectivity index (χ0v) is 22.5. The van der Waals surface area contributed by atoms with Gasteiger partial charge in [-0.05, 0) is 66.9 Å². The average Bonchev–Trinajstić information content (AvgIpc) is 2.88. The largest absolute Gasteiger partial charge is 0.369 e. The summed E-state index contributed by atoms with van der Waals surface area (Å²) in [5.41, 5.74) is 3.08. The highest BCUT2D eigenvalue weighted by Crippen LogP contribution is 2.37. The minimum atomic E-state index is -0.331. The van der Waals surface area contributed by atoms with Crippen molar-refractivity contribution in [3.05, 3.63) is 101 Å². The molecule has 0 spiro atoms. The maximum Gasteiger partial charge on any atom is 0.207 e. The molecule has 1 aliphatic heterocycles. The number of carbonyl (C=O) groups is 1.